The van der Waals surface area contributed by atoms with Crippen LogP contribution in [-0.4, -0.2) is 54.6 Å². The fourth-order valence-electron chi connectivity index (χ4n) is 4.78. The number of rotatable bonds is 2. The number of halogens is 1. The third-order valence-corrected chi connectivity index (χ3v) is 6.59. The molecule has 4 aliphatic rings. The average molecular weight is 389 g/mol. The summed E-state index contributed by atoms with van der Waals surface area (Å²) < 4.78 is 5.88. The van der Waals surface area contributed by atoms with E-state index in [0.717, 1.165) is 57.5 Å². The number of anilines is 1. The van der Waals surface area contributed by atoms with Gasteiger partial charge in [0.1, 0.15) is 5.52 Å². The van der Waals surface area contributed by atoms with Gasteiger partial charge in [0.05, 0.1) is 0 Å². The average Bonchev–Trinajstić information content (AvgIpc) is 2.85. The molecule has 1 amide bonds. The van der Waals surface area contributed by atoms with Crippen molar-refractivity contribution >= 4 is 34.6 Å². The number of carbonyl (C=O) groups excluding carboxylic acids is 1. The smallest absolute Gasteiger partial charge is 0.298 e. The lowest BCUT2D eigenvalue weighted by Crippen LogP contribution is -2.51. The Kier molecular flexibility index (Phi) is 4.48. The zero-order valence-electron chi connectivity index (χ0n) is 15.4. The molecule has 4 aliphatic heterocycles. The van der Waals surface area contributed by atoms with Crippen molar-refractivity contribution in [3.63, 3.8) is 0 Å². The van der Waals surface area contributed by atoms with E-state index in [-0.39, 0.29) is 5.92 Å². The van der Waals surface area contributed by atoms with Gasteiger partial charge in [-0.1, -0.05) is 11.6 Å². The van der Waals surface area contributed by atoms with Gasteiger partial charge in [-0.25, -0.2) is 0 Å². The largest absolute Gasteiger partial charge is 0.423 e. The Hall–Kier alpha value is -1.79. The summed E-state index contributed by atoms with van der Waals surface area (Å²) in [6.45, 7) is 4.55. The maximum absolute atomic E-state index is 13.1. The number of nitrogens with one attached hydrogen (secondary N) is 1. The third kappa shape index (κ3) is 3.29. The minimum absolute atomic E-state index is 0.124. The molecule has 5 heterocycles. The number of fused-ring (bicyclic) bond motifs is 5. The molecule has 7 heteroatoms. The van der Waals surface area contributed by atoms with Crippen LogP contribution in [0.1, 0.15) is 25.7 Å². The number of hydrogen-bond donors (Lipinski definition) is 1. The van der Waals surface area contributed by atoms with Crippen LogP contribution in [0.3, 0.4) is 0 Å². The SMILES string of the molecule is O=C(C1CCN(c2nc3ccc(Cl)cc3o2)CC1)N1C[C@@H]2CC[C@H]1CNC2. The lowest BCUT2D eigenvalue weighted by Gasteiger charge is -2.40. The molecular formula is C20H25ClN4O2. The van der Waals surface area contributed by atoms with E-state index >= 15 is 0 Å². The van der Waals surface area contributed by atoms with Crippen LogP contribution in [0.4, 0.5) is 6.01 Å². The molecule has 2 bridgehead atoms. The van der Waals surface area contributed by atoms with Crippen LogP contribution in [0.2, 0.25) is 5.02 Å². The van der Waals surface area contributed by atoms with Gasteiger partial charge in [0.2, 0.25) is 5.91 Å². The number of piperidine rings is 2. The molecule has 6 nitrogen and oxygen atoms in total. The Labute approximate surface area is 163 Å². The van der Waals surface area contributed by atoms with Crippen molar-refractivity contribution in [3.05, 3.63) is 23.2 Å². The Morgan fingerprint density at radius 3 is 2.89 bits per heavy atom. The van der Waals surface area contributed by atoms with Gasteiger partial charge in [0.25, 0.3) is 6.01 Å². The number of carbonyl (C=O) groups is 1. The number of aromatic nitrogens is 1. The first-order chi connectivity index (χ1) is 13.2. The van der Waals surface area contributed by atoms with E-state index < -0.39 is 0 Å². The van der Waals surface area contributed by atoms with Crippen LogP contribution < -0.4 is 10.2 Å². The predicted octanol–water partition coefficient (Wildman–Crippen LogP) is 2.91. The van der Waals surface area contributed by atoms with Crippen molar-refractivity contribution in [3.8, 4) is 0 Å². The highest BCUT2D eigenvalue weighted by atomic mass is 35.5. The minimum atomic E-state index is 0.124. The summed E-state index contributed by atoms with van der Waals surface area (Å²) in [6.07, 6.45) is 4.12. The second-order valence-electron chi connectivity index (χ2n) is 8.12. The van der Waals surface area contributed by atoms with Gasteiger partial charge in [0, 0.05) is 49.2 Å². The summed E-state index contributed by atoms with van der Waals surface area (Å²) in [4.78, 5) is 22.0. The number of oxazole rings is 1. The van der Waals surface area contributed by atoms with Crippen molar-refractivity contribution in [1.29, 1.82) is 0 Å². The summed E-state index contributed by atoms with van der Waals surface area (Å²) in [5.74, 6) is 1.11. The van der Waals surface area contributed by atoms with Gasteiger partial charge in [0.15, 0.2) is 5.58 Å². The highest BCUT2D eigenvalue weighted by Crippen LogP contribution is 2.31. The first kappa shape index (κ1) is 17.3. The molecule has 1 aromatic carbocycles. The van der Waals surface area contributed by atoms with E-state index in [4.69, 9.17) is 16.0 Å². The van der Waals surface area contributed by atoms with E-state index in [1.165, 1.54) is 6.42 Å². The quantitative estimate of drug-likeness (QED) is 0.857. The summed E-state index contributed by atoms with van der Waals surface area (Å²) in [5, 5.41) is 4.16. The van der Waals surface area contributed by atoms with Gasteiger partial charge in [-0.15, -0.1) is 0 Å². The highest BCUT2D eigenvalue weighted by molar-refractivity contribution is 6.31. The standard InChI is InChI=1S/C20H25ClN4O2/c21-15-2-4-17-18(9-15)27-20(23-17)24-7-5-14(6-8-24)19(26)25-12-13-1-3-16(25)11-22-10-13/h2,4,9,13-14,16,22H,1,3,5-8,10-12H2/t13-,16+/m1/s1. The fourth-order valence-corrected chi connectivity index (χ4v) is 4.94. The molecule has 6 rings (SSSR count). The Balaban J connectivity index is 1.25. The van der Waals surface area contributed by atoms with Crippen LogP contribution in [-0.2, 0) is 4.79 Å². The van der Waals surface area contributed by atoms with Crippen molar-refractivity contribution in [2.75, 3.05) is 37.6 Å². The predicted molar refractivity (Wildman–Crippen MR) is 105 cm³/mol. The number of amides is 1. The van der Waals surface area contributed by atoms with Crippen molar-refractivity contribution in [1.82, 2.24) is 15.2 Å². The summed E-state index contributed by atoms with van der Waals surface area (Å²) in [7, 11) is 0. The number of nitrogens with zero attached hydrogens (tertiary/aromatic N) is 3. The molecule has 0 unspecified atom stereocenters. The fraction of sp³-hybridized carbons (Fsp3) is 0.600. The molecule has 2 atom stereocenters. The third-order valence-electron chi connectivity index (χ3n) is 6.35. The molecule has 0 spiro atoms. The minimum Gasteiger partial charge on any atom is -0.423 e. The van der Waals surface area contributed by atoms with E-state index in [9.17, 15) is 4.79 Å². The Morgan fingerprint density at radius 2 is 2.04 bits per heavy atom. The van der Waals surface area contributed by atoms with Gasteiger partial charge in [-0.3, -0.25) is 4.79 Å². The summed E-state index contributed by atoms with van der Waals surface area (Å²) >= 11 is 6.03. The summed E-state index contributed by atoms with van der Waals surface area (Å²) in [6, 6.07) is 6.52. The molecule has 1 aromatic heterocycles. The van der Waals surface area contributed by atoms with Crippen LogP contribution in [0, 0.1) is 11.8 Å². The van der Waals surface area contributed by atoms with E-state index in [1.54, 1.807) is 6.07 Å². The second-order valence-corrected chi connectivity index (χ2v) is 8.55. The van der Waals surface area contributed by atoms with Crippen molar-refractivity contribution in [2.45, 2.75) is 31.7 Å². The van der Waals surface area contributed by atoms with Crippen LogP contribution in [0.25, 0.3) is 11.1 Å². The molecule has 27 heavy (non-hydrogen) atoms. The van der Waals surface area contributed by atoms with Crippen LogP contribution >= 0.6 is 11.6 Å². The number of hydrogen-bond acceptors (Lipinski definition) is 5. The lowest BCUT2D eigenvalue weighted by molar-refractivity contribution is -0.140. The van der Waals surface area contributed by atoms with E-state index in [2.05, 4.69) is 20.1 Å². The molecule has 0 aliphatic carbocycles. The van der Waals surface area contributed by atoms with Gasteiger partial charge in [-0.05, 0) is 50.3 Å². The monoisotopic (exact) mass is 388 g/mol. The van der Waals surface area contributed by atoms with E-state index in [0.29, 0.717) is 34.5 Å². The first-order valence-corrected chi connectivity index (χ1v) is 10.4. The number of benzene rings is 1. The van der Waals surface area contributed by atoms with Gasteiger partial charge < -0.3 is 19.5 Å². The van der Waals surface area contributed by atoms with Gasteiger partial charge in [-0.2, -0.15) is 4.98 Å². The van der Waals surface area contributed by atoms with Crippen molar-refractivity contribution < 1.29 is 9.21 Å². The normalized spacial score (nSPS) is 26.6. The highest BCUT2D eigenvalue weighted by Gasteiger charge is 2.38. The molecule has 0 radical (unpaired) electrons. The zero-order chi connectivity index (χ0) is 18.4. The molecule has 2 aromatic rings. The molecule has 144 valence electrons. The lowest BCUT2D eigenvalue weighted by atomic mass is 9.90. The maximum Gasteiger partial charge on any atom is 0.298 e. The van der Waals surface area contributed by atoms with E-state index in [1.807, 2.05) is 12.1 Å². The molecule has 1 N–H and O–H groups in total. The molecule has 0 saturated carbocycles. The maximum atomic E-state index is 13.1. The Bertz CT molecular complexity index is 842. The molecule has 4 fully saturated rings. The van der Waals surface area contributed by atoms with Gasteiger partial charge >= 0.3 is 0 Å². The summed E-state index contributed by atoms with van der Waals surface area (Å²) in [5.41, 5.74) is 1.53. The van der Waals surface area contributed by atoms with Crippen molar-refractivity contribution in [2.24, 2.45) is 11.8 Å². The molecule has 4 saturated heterocycles. The second kappa shape index (κ2) is 6.99. The molecular weight excluding hydrogens is 364 g/mol. The zero-order valence-corrected chi connectivity index (χ0v) is 16.1. The Morgan fingerprint density at radius 1 is 1.19 bits per heavy atom. The topological polar surface area (TPSA) is 61.6 Å². The van der Waals surface area contributed by atoms with Crippen LogP contribution in [0.5, 0.6) is 0 Å². The first-order valence-electron chi connectivity index (χ1n) is 9.99. The van der Waals surface area contributed by atoms with Crippen LogP contribution in [0.15, 0.2) is 22.6 Å².